The zero-order chi connectivity index (χ0) is 16.7. The summed E-state index contributed by atoms with van der Waals surface area (Å²) in [6.45, 7) is 0. The molecule has 1 heterocycles. The molecule has 0 bridgehead atoms. The normalized spacial score (nSPS) is 15.8. The first-order valence-electron chi connectivity index (χ1n) is 6.63. The SMILES string of the molecule is O=C(c1ccccc1F)c1cc2c(c(Cl)c1O)OC(C(=O)O)C2. The van der Waals surface area contributed by atoms with Gasteiger partial charge in [0, 0.05) is 12.0 Å². The van der Waals surface area contributed by atoms with Crippen LogP contribution in [0.1, 0.15) is 21.5 Å². The molecular formula is C16H10ClFO5. The molecule has 7 heteroatoms. The number of aliphatic carboxylic acids is 1. The number of carboxylic acid groups (broad SMARTS) is 1. The molecule has 0 aromatic heterocycles. The van der Waals surface area contributed by atoms with Gasteiger partial charge in [0.1, 0.15) is 22.3 Å². The van der Waals surface area contributed by atoms with Crippen LogP contribution in [0, 0.1) is 5.82 Å². The number of phenolic OH excluding ortho intramolecular Hbond substituents is 1. The molecule has 0 spiro atoms. The molecule has 1 unspecified atom stereocenters. The maximum Gasteiger partial charge on any atom is 0.345 e. The van der Waals surface area contributed by atoms with E-state index >= 15 is 0 Å². The van der Waals surface area contributed by atoms with Gasteiger partial charge in [0.25, 0.3) is 0 Å². The van der Waals surface area contributed by atoms with Crippen molar-refractivity contribution in [1.29, 1.82) is 0 Å². The Kier molecular flexibility index (Phi) is 3.69. The third kappa shape index (κ3) is 2.51. The van der Waals surface area contributed by atoms with Crippen molar-refractivity contribution in [3.05, 3.63) is 57.9 Å². The number of carboxylic acids is 1. The molecule has 0 amide bonds. The van der Waals surface area contributed by atoms with E-state index in [0.717, 1.165) is 6.07 Å². The maximum atomic E-state index is 13.8. The van der Waals surface area contributed by atoms with Gasteiger partial charge in [0.15, 0.2) is 11.9 Å². The molecule has 1 aliphatic rings. The number of halogens is 2. The molecule has 2 aromatic rings. The second kappa shape index (κ2) is 5.55. The first-order valence-corrected chi connectivity index (χ1v) is 7.01. The number of hydrogen-bond donors (Lipinski definition) is 2. The average Bonchev–Trinajstić information content (AvgIpc) is 2.95. The number of carbonyl (C=O) groups excluding carboxylic acids is 1. The molecule has 1 atom stereocenters. The maximum absolute atomic E-state index is 13.8. The van der Waals surface area contributed by atoms with E-state index in [9.17, 15) is 19.1 Å². The van der Waals surface area contributed by atoms with Crippen LogP contribution in [0.3, 0.4) is 0 Å². The smallest absolute Gasteiger partial charge is 0.345 e. The van der Waals surface area contributed by atoms with Gasteiger partial charge in [0.2, 0.25) is 0 Å². The lowest BCUT2D eigenvalue weighted by Crippen LogP contribution is -2.24. The van der Waals surface area contributed by atoms with Crippen molar-refractivity contribution in [1.82, 2.24) is 0 Å². The predicted octanol–water partition coefficient (Wildman–Crippen LogP) is 2.80. The number of ether oxygens (including phenoxy) is 1. The first kappa shape index (κ1) is 15.3. The summed E-state index contributed by atoms with van der Waals surface area (Å²) in [5, 5.41) is 18.8. The van der Waals surface area contributed by atoms with Crippen LogP contribution in [-0.4, -0.2) is 28.1 Å². The molecule has 3 rings (SSSR count). The Hall–Kier alpha value is -2.60. The predicted molar refractivity (Wildman–Crippen MR) is 78.7 cm³/mol. The largest absolute Gasteiger partial charge is 0.505 e. The standard InChI is InChI=1S/C16H10ClFO5/c17-12-14(20)9(13(19)8-3-1-2-4-10(8)18)5-7-6-11(16(21)22)23-15(7)12/h1-5,11,20H,6H2,(H,21,22). The summed E-state index contributed by atoms with van der Waals surface area (Å²) >= 11 is 5.97. The second-order valence-corrected chi connectivity index (χ2v) is 5.41. The van der Waals surface area contributed by atoms with Crippen LogP contribution in [0.5, 0.6) is 11.5 Å². The summed E-state index contributed by atoms with van der Waals surface area (Å²) < 4.78 is 18.9. The van der Waals surface area contributed by atoms with E-state index in [0.29, 0.717) is 5.56 Å². The summed E-state index contributed by atoms with van der Waals surface area (Å²) in [4.78, 5) is 23.4. The number of aromatic hydroxyl groups is 1. The lowest BCUT2D eigenvalue weighted by molar-refractivity contribution is -0.144. The molecule has 2 N–H and O–H groups in total. The number of hydrogen-bond acceptors (Lipinski definition) is 4. The summed E-state index contributed by atoms with van der Waals surface area (Å²) in [6, 6.07) is 6.63. The van der Waals surface area contributed by atoms with Gasteiger partial charge in [-0.15, -0.1) is 0 Å². The van der Waals surface area contributed by atoms with Crippen molar-refractivity contribution in [2.45, 2.75) is 12.5 Å². The van der Waals surface area contributed by atoms with E-state index < -0.39 is 29.4 Å². The second-order valence-electron chi connectivity index (χ2n) is 5.03. The Labute approximate surface area is 134 Å². The van der Waals surface area contributed by atoms with Crippen molar-refractivity contribution in [3.63, 3.8) is 0 Å². The molecule has 1 aliphatic heterocycles. The van der Waals surface area contributed by atoms with Gasteiger partial charge in [-0.3, -0.25) is 4.79 Å². The minimum absolute atomic E-state index is 0.00220. The van der Waals surface area contributed by atoms with Crippen LogP contribution in [-0.2, 0) is 11.2 Å². The van der Waals surface area contributed by atoms with E-state index in [4.69, 9.17) is 21.4 Å². The van der Waals surface area contributed by atoms with Crippen LogP contribution in [0.15, 0.2) is 30.3 Å². The van der Waals surface area contributed by atoms with Gasteiger partial charge in [0.05, 0.1) is 11.1 Å². The van der Waals surface area contributed by atoms with E-state index in [1.54, 1.807) is 0 Å². The number of carbonyl (C=O) groups is 2. The quantitative estimate of drug-likeness (QED) is 0.842. The third-order valence-corrected chi connectivity index (χ3v) is 3.93. The van der Waals surface area contributed by atoms with Gasteiger partial charge in [-0.05, 0) is 18.2 Å². The minimum Gasteiger partial charge on any atom is -0.505 e. The Morgan fingerprint density at radius 2 is 1.96 bits per heavy atom. The van der Waals surface area contributed by atoms with Gasteiger partial charge in [-0.25, -0.2) is 9.18 Å². The molecule has 0 fully saturated rings. The number of phenols is 1. The zero-order valence-corrected chi connectivity index (χ0v) is 12.3. The lowest BCUT2D eigenvalue weighted by Gasteiger charge is -2.10. The summed E-state index contributed by atoms with van der Waals surface area (Å²) in [7, 11) is 0. The Balaban J connectivity index is 2.08. The van der Waals surface area contributed by atoms with Crippen molar-refractivity contribution in [2.75, 3.05) is 0 Å². The van der Waals surface area contributed by atoms with Crippen molar-refractivity contribution >= 4 is 23.4 Å². The average molecular weight is 337 g/mol. The van der Waals surface area contributed by atoms with Crippen molar-refractivity contribution in [2.24, 2.45) is 0 Å². The fraction of sp³-hybridized carbons (Fsp3) is 0.125. The van der Waals surface area contributed by atoms with Crippen LogP contribution < -0.4 is 4.74 Å². The Morgan fingerprint density at radius 1 is 1.26 bits per heavy atom. The molecule has 5 nitrogen and oxygen atoms in total. The lowest BCUT2D eigenvalue weighted by atomic mass is 9.98. The van der Waals surface area contributed by atoms with Crippen molar-refractivity contribution < 1.29 is 28.9 Å². The van der Waals surface area contributed by atoms with Crippen LogP contribution >= 0.6 is 11.6 Å². The van der Waals surface area contributed by atoms with Gasteiger partial charge >= 0.3 is 5.97 Å². The highest BCUT2D eigenvalue weighted by Crippen LogP contribution is 2.44. The van der Waals surface area contributed by atoms with E-state index in [-0.39, 0.29) is 28.3 Å². The van der Waals surface area contributed by atoms with Gasteiger partial charge in [-0.2, -0.15) is 0 Å². The molecule has 0 radical (unpaired) electrons. The van der Waals surface area contributed by atoms with Crippen molar-refractivity contribution in [3.8, 4) is 11.5 Å². The molecule has 23 heavy (non-hydrogen) atoms. The molecule has 0 saturated heterocycles. The number of benzene rings is 2. The minimum atomic E-state index is -1.18. The first-order chi connectivity index (χ1) is 10.9. The monoisotopic (exact) mass is 336 g/mol. The van der Waals surface area contributed by atoms with Crippen LogP contribution in [0.2, 0.25) is 5.02 Å². The zero-order valence-electron chi connectivity index (χ0n) is 11.5. The fourth-order valence-electron chi connectivity index (χ4n) is 2.44. The molecular weight excluding hydrogens is 327 g/mol. The highest BCUT2D eigenvalue weighted by molar-refractivity contribution is 6.34. The summed E-state index contributed by atoms with van der Waals surface area (Å²) in [6.07, 6.45) is -1.14. The fourth-order valence-corrected chi connectivity index (χ4v) is 2.71. The number of fused-ring (bicyclic) bond motifs is 1. The van der Waals surface area contributed by atoms with Crippen LogP contribution in [0.25, 0.3) is 0 Å². The number of ketones is 1. The van der Waals surface area contributed by atoms with E-state index in [2.05, 4.69) is 0 Å². The molecule has 0 saturated carbocycles. The third-order valence-electron chi connectivity index (χ3n) is 3.58. The van der Waals surface area contributed by atoms with E-state index in [1.165, 1.54) is 24.3 Å². The summed E-state index contributed by atoms with van der Waals surface area (Å²) in [5.74, 6) is -3.19. The molecule has 2 aromatic carbocycles. The van der Waals surface area contributed by atoms with Gasteiger partial charge < -0.3 is 14.9 Å². The summed E-state index contributed by atoms with van der Waals surface area (Å²) in [5.41, 5.74) is -0.0408. The Morgan fingerprint density at radius 3 is 2.61 bits per heavy atom. The van der Waals surface area contributed by atoms with Gasteiger partial charge in [-0.1, -0.05) is 23.7 Å². The topological polar surface area (TPSA) is 83.8 Å². The molecule has 0 aliphatic carbocycles. The number of rotatable bonds is 3. The molecule has 118 valence electrons. The Bertz CT molecular complexity index is 833. The highest BCUT2D eigenvalue weighted by Gasteiger charge is 2.34. The highest BCUT2D eigenvalue weighted by atomic mass is 35.5. The van der Waals surface area contributed by atoms with Crippen LogP contribution in [0.4, 0.5) is 4.39 Å². The van der Waals surface area contributed by atoms with E-state index in [1.807, 2.05) is 0 Å².